The van der Waals surface area contributed by atoms with E-state index in [9.17, 15) is 0 Å². The normalized spacial score (nSPS) is 23.6. The molecule has 0 radical (unpaired) electrons. The van der Waals surface area contributed by atoms with Gasteiger partial charge in [-0.15, -0.1) is 0 Å². The topological polar surface area (TPSA) is 42.1 Å². The fourth-order valence-electron chi connectivity index (χ4n) is 3.04. The Morgan fingerprint density at radius 1 is 1.15 bits per heavy atom. The van der Waals surface area contributed by atoms with Gasteiger partial charge >= 0.3 is 0 Å². The van der Waals surface area contributed by atoms with Crippen molar-refractivity contribution in [2.75, 3.05) is 13.1 Å². The van der Waals surface area contributed by atoms with E-state index >= 15 is 0 Å². The largest absolute Gasteiger partial charge is 0.320 e. The number of hydrogen-bond donors (Lipinski definition) is 1. The summed E-state index contributed by atoms with van der Waals surface area (Å²) in [6.07, 6.45) is 5.88. The molecule has 2 aromatic rings. The van der Waals surface area contributed by atoms with E-state index in [4.69, 9.17) is 5.73 Å². The molecule has 1 aromatic carbocycles. The molecular weight excluding hydrogens is 246 g/mol. The third kappa shape index (κ3) is 2.89. The average molecular weight is 267 g/mol. The second kappa shape index (κ2) is 5.73. The molecule has 1 fully saturated rings. The minimum atomic E-state index is -0.263. The highest BCUT2D eigenvalue weighted by Gasteiger charge is 2.33. The Morgan fingerprint density at radius 3 is 2.75 bits per heavy atom. The van der Waals surface area contributed by atoms with E-state index in [1.165, 1.54) is 5.56 Å². The van der Waals surface area contributed by atoms with Gasteiger partial charge in [-0.1, -0.05) is 36.4 Å². The number of piperidine rings is 1. The van der Waals surface area contributed by atoms with Crippen molar-refractivity contribution in [2.45, 2.75) is 24.9 Å². The molecule has 3 nitrogen and oxygen atoms in total. The zero-order valence-electron chi connectivity index (χ0n) is 11.7. The third-order valence-electron chi connectivity index (χ3n) is 4.09. The SMILES string of the molecule is NC1(c2cccnc2)CCCN(Cc2ccccc2)C1. The molecule has 1 atom stereocenters. The predicted molar refractivity (Wildman–Crippen MR) is 81.1 cm³/mol. The van der Waals surface area contributed by atoms with Crippen LogP contribution >= 0.6 is 0 Å². The summed E-state index contributed by atoms with van der Waals surface area (Å²) in [5.74, 6) is 0. The molecule has 0 bridgehead atoms. The van der Waals surface area contributed by atoms with E-state index < -0.39 is 0 Å². The van der Waals surface area contributed by atoms with Crippen LogP contribution in [0.1, 0.15) is 24.0 Å². The lowest BCUT2D eigenvalue weighted by Crippen LogP contribution is -2.51. The first-order valence-electron chi connectivity index (χ1n) is 7.22. The molecule has 20 heavy (non-hydrogen) atoms. The van der Waals surface area contributed by atoms with Crippen molar-refractivity contribution >= 4 is 0 Å². The molecule has 2 N–H and O–H groups in total. The van der Waals surface area contributed by atoms with Crippen molar-refractivity contribution in [3.63, 3.8) is 0 Å². The van der Waals surface area contributed by atoms with Crippen LogP contribution in [0, 0.1) is 0 Å². The Hall–Kier alpha value is -1.71. The summed E-state index contributed by atoms with van der Waals surface area (Å²) in [5.41, 5.74) is 8.88. The second-order valence-corrected chi connectivity index (χ2v) is 5.70. The van der Waals surface area contributed by atoms with Crippen LogP contribution in [-0.2, 0) is 12.1 Å². The predicted octanol–water partition coefficient (Wildman–Crippen LogP) is 2.53. The second-order valence-electron chi connectivity index (χ2n) is 5.70. The zero-order valence-corrected chi connectivity index (χ0v) is 11.7. The van der Waals surface area contributed by atoms with Gasteiger partial charge in [-0.25, -0.2) is 0 Å². The van der Waals surface area contributed by atoms with Gasteiger partial charge in [-0.2, -0.15) is 0 Å². The van der Waals surface area contributed by atoms with Crippen LogP contribution in [0.15, 0.2) is 54.9 Å². The summed E-state index contributed by atoms with van der Waals surface area (Å²) in [5, 5.41) is 0. The van der Waals surface area contributed by atoms with Crippen molar-refractivity contribution in [3.05, 3.63) is 66.0 Å². The van der Waals surface area contributed by atoms with Crippen LogP contribution in [-0.4, -0.2) is 23.0 Å². The van der Waals surface area contributed by atoms with Crippen molar-refractivity contribution in [2.24, 2.45) is 5.73 Å². The number of benzene rings is 1. The number of aromatic nitrogens is 1. The first kappa shape index (κ1) is 13.3. The van der Waals surface area contributed by atoms with Gasteiger partial charge in [0.25, 0.3) is 0 Å². The van der Waals surface area contributed by atoms with E-state index in [0.717, 1.165) is 38.0 Å². The van der Waals surface area contributed by atoms with Crippen molar-refractivity contribution in [1.82, 2.24) is 9.88 Å². The number of nitrogens with zero attached hydrogens (tertiary/aromatic N) is 2. The van der Waals surface area contributed by atoms with Crippen LogP contribution in [0.4, 0.5) is 0 Å². The standard InChI is InChI=1S/C17H21N3/c18-17(16-8-4-10-19-12-16)9-5-11-20(14-17)13-15-6-2-1-3-7-15/h1-4,6-8,10,12H,5,9,11,13-14,18H2. The monoisotopic (exact) mass is 267 g/mol. The summed E-state index contributed by atoms with van der Waals surface area (Å²) in [6, 6.07) is 14.7. The van der Waals surface area contributed by atoms with Crippen LogP contribution in [0.25, 0.3) is 0 Å². The minimum Gasteiger partial charge on any atom is -0.320 e. The van der Waals surface area contributed by atoms with E-state index in [-0.39, 0.29) is 5.54 Å². The summed E-state index contributed by atoms with van der Waals surface area (Å²) >= 11 is 0. The lowest BCUT2D eigenvalue weighted by Gasteiger charge is -2.40. The summed E-state index contributed by atoms with van der Waals surface area (Å²) in [7, 11) is 0. The van der Waals surface area contributed by atoms with Gasteiger partial charge < -0.3 is 5.73 Å². The molecule has 1 unspecified atom stereocenters. The molecule has 3 heteroatoms. The van der Waals surface area contributed by atoms with Gasteiger partial charge in [-0.3, -0.25) is 9.88 Å². The van der Waals surface area contributed by atoms with Gasteiger partial charge in [0.05, 0.1) is 5.54 Å². The highest BCUT2D eigenvalue weighted by atomic mass is 15.2. The molecule has 0 spiro atoms. The lowest BCUT2D eigenvalue weighted by atomic mass is 9.84. The van der Waals surface area contributed by atoms with Crippen molar-refractivity contribution in [3.8, 4) is 0 Å². The van der Waals surface area contributed by atoms with E-state index in [1.807, 2.05) is 12.3 Å². The van der Waals surface area contributed by atoms with Gasteiger partial charge in [0.15, 0.2) is 0 Å². The van der Waals surface area contributed by atoms with Crippen LogP contribution in [0.5, 0.6) is 0 Å². The number of likely N-dealkylation sites (tertiary alicyclic amines) is 1. The van der Waals surface area contributed by atoms with Crippen molar-refractivity contribution in [1.29, 1.82) is 0 Å². The van der Waals surface area contributed by atoms with Crippen LogP contribution in [0.2, 0.25) is 0 Å². The van der Waals surface area contributed by atoms with Crippen molar-refractivity contribution < 1.29 is 0 Å². The van der Waals surface area contributed by atoms with Gasteiger partial charge in [0.1, 0.15) is 0 Å². The molecule has 1 saturated heterocycles. The molecule has 0 aliphatic carbocycles. The molecular formula is C17H21N3. The molecule has 1 aliphatic rings. The maximum absolute atomic E-state index is 6.64. The Balaban J connectivity index is 1.73. The molecule has 1 aromatic heterocycles. The fraction of sp³-hybridized carbons (Fsp3) is 0.353. The number of hydrogen-bond acceptors (Lipinski definition) is 3. The summed E-state index contributed by atoms with van der Waals surface area (Å²) in [4.78, 5) is 6.67. The number of pyridine rings is 1. The van der Waals surface area contributed by atoms with Gasteiger partial charge in [-0.05, 0) is 36.6 Å². The van der Waals surface area contributed by atoms with E-state index in [2.05, 4.69) is 46.3 Å². The highest BCUT2D eigenvalue weighted by molar-refractivity contribution is 5.22. The minimum absolute atomic E-state index is 0.263. The molecule has 2 heterocycles. The zero-order chi connectivity index (χ0) is 13.8. The van der Waals surface area contributed by atoms with Crippen LogP contribution in [0.3, 0.4) is 0 Å². The van der Waals surface area contributed by atoms with Crippen LogP contribution < -0.4 is 5.73 Å². The first-order chi connectivity index (χ1) is 9.76. The molecule has 0 saturated carbocycles. The molecule has 1 aliphatic heterocycles. The summed E-state index contributed by atoms with van der Waals surface area (Å²) in [6.45, 7) is 2.99. The van der Waals surface area contributed by atoms with E-state index in [1.54, 1.807) is 6.20 Å². The fourth-order valence-corrected chi connectivity index (χ4v) is 3.04. The Bertz CT molecular complexity index is 541. The van der Waals surface area contributed by atoms with Gasteiger partial charge in [0, 0.05) is 25.5 Å². The first-order valence-corrected chi connectivity index (χ1v) is 7.22. The Labute approximate surface area is 120 Å². The Morgan fingerprint density at radius 2 is 2.00 bits per heavy atom. The maximum Gasteiger partial charge on any atom is 0.0554 e. The smallest absolute Gasteiger partial charge is 0.0554 e. The number of rotatable bonds is 3. The highest BCUT2D eigenvalue weighted by Crippen LogP contribution is 2.29. The maximum atomic E-state index is 6.64. The average Bonchev–Trinajstić information content (AvgIpc) is 2.49. The number of nitrogens with two attached hydrogens (primary N) is 1. The summed E-state index contributed by atoms with van der Waals surface area (Å²) < 4.78 is 0. The Kier molecular flexibility index (Phi) is 3.81. The van der Waals surface area contributed by atoms with E-state index in [0.29, 0.717) is 0 Å². The molecule has 3 rings (SSSR count). The molecule has 0 amide bonds. The quantitative estimate of drug-likeness (QED) is 0.929. The molecule has 104 valence electrons. The van der Waals surface area contributed by atoms with Gasteiger partial charge in [0.2, 0.25) is 0 Å². The lowest BCUT2D eigenvalue weighted by molar-refractivity contribution is 0.142. The third-order valence-corrected chi connectivity index (χ3v) is 4.09.